The molecule has 2 N–H and O–H groups in total. The number of aryl methyl sites for hydroxylation is 1. The molecule has 1 aromatic carbocycles. The molecular weight excluding hydrogens is 280 g/mol. The van der Waals surface area contributed by atoms with E-state index in [2.05, 4.69) is 10.4 Å². The molecule has 3 rings (SSSR count). The van der Waals surface area contributed by atoms with Crippen molar-refractivity contribution in [2.75, 3.05) is 18.4 Å². The number of rotatable bonds is 2. The summed E-state index contributed by atoms with van der Waals surface area (Å²) in [5.74, 6) is 0. The highest BCUT2D eigenvalue weighted by atomic mass is 16.3. The zero-order valence-corrected chi connectivity index (χ0v) is 12.6. The van der Waals surface area contributed by atoms with Crippen molar-refractivity contribution < 1.29 is 9.90 Å². The number of likely N-dealkylation sites (tertiary alicyclic amines) is 1. The fourth-order valence-corrected chi connectivity index (χ4v) is 2.72. The van der Waals surface area contributed by atoms with E-state index >= 15 is 0 Å². The van der Waals surface area contributed by atoms with Gasteiger partial charge in [-0.2, -0.15) is 5.10 Å². The Morgan fingerprint density at radius 2 is 2.14 bits per heavy atom. The second-order valence-electron chi connectivity index (χ2n) is 5.60. The standard InChI is InChI=1S/C16H20N4O2/c1-19-11-14(15(18-19)12-6-3-2-4-7-12)17-16(22)20-9-5-8-13(21)10-20/h2-4,6-7,11,13,21H,5,8-10H2,1H3,(H,17,22). The topological polar surface area (TPSA) is 70.4 Å². The van der Waals surface area contributed by atoms with Crippen LogP contribution in [0.2, 0.25) is 0 Å². The molecule has 0 spiro atoms. The molecule has 0 radical (unpaired) electrons. The Kier molecular flexibility index (Phi) is 4.11. The normalized spacial score (nSPS) is 18.3. The summed E-state index contributed by atoms with van der Waals surface area (Å²) in [6.45, 7) is 1.05. The molecule has 6 nitrogen and oxygen atoms in total. The number of benzene rings is 1. The lowest BCUT2D eigenvalue weighted by Gasteiger charge is -2.30. The van der Waals surface area contributed by atoms with Crippen molar-refractivity contribution in [2.24, 2.45) is 7.05 Å². The van der Waals surface area contributed by atoms with E-state index in [1.54, 1.807) is 15.8 Å². The van der Waals surface area contributed by atoms with Gasteiger partial charge in [-0.15, -0.1) is 0 Å². The molecular formula is C16H20N4O2. The van der Waals surface area contributed by atoms with E-state index in [-0.39, 0.29) is 6.03 Å². The Morgan fingerprint density at radius 1 is 1.36 bits per heavy atom. The average molecular weight is 300 g/mol. The van der Waals surface area contributed by atoms with Crippen molar-refractivity contribution in [3.8, 4) is 11.3 Å². The summed E-state index contributed by atoms with van der Waals surface area (Å²) in [6.07, 6.45) is 2.95. The maximum atomic E-state index is 12.4. The third-order valence-electron chi connectivity index (χ3n) is 3.80. The molecule has 2 amide bonds. The van der Waals surface area contributed by atoms with E-state index in [0.29, 0.717) is 18.8 Å². The predicted molar refractivity (Wildman–Crippen MR) is 84.5 cm³/mol. The molecule has 2 aromatic rings. The first-order valence-electron chi connectivity index (χ1n) is 7.46. The third kappa shape index (κ3) is 3.12. The Labute approximate surface area is 129 Å². The quantitative estimate of drug-likeness (QED) is 0.892. The third-order valence-corrected chi connectivity index (χ3v) is 3.80. The van der Waals surface area contributed by atoms with Crippen LogP contribution >= 0.6 is 0 Å². The molecule has 0 bridgehead atoms. The smallest absolute Gasteiger partial charge is 0.322 e. The minimum absolute atomic E-state index is 0.191. The summed E-state index contributed by atoms with van der Waals surface area (Å²) in [5.41, 5.74) is 2.38. The van der Waals surface area contributed by atoms with Gasteiger partial charge in [0.25, 0.3) is 0 Å². The Bertz CT molecular complexity index is 653. The summed E-state index contributed by atoms with van der Waals surface area (Å²) in [7, 11) is 1.83. The number of nitrogens with one attached hydrogen (secondary N) is 1. The van der Waals surface area contributed by atoms with Crippen molar-refractivity contribution in [1.29, 1.82) is 0 Å². The van der Waals surface area contributed by atoms with Crippen LogP contribution in [-0.4, -0.2) is 45.0 Å². The maximum Gasteiger partial charge on any atom is 0.322 e. The van der Waals surface area contributed by atoms with Gasteiger partial charge in [0.15, 0.2) is 0 Å². The van der Waals surface area contributed by atoms with E-state index in [1.807, 2.05) is 37.4 Å². The summed E-state index contributed by atoms with van der Waals surface area (Å²) in [6, 6.07) is 9.56. The van der Waals surface area contributed by atoms with Crippen molar-refractivity contribution in [3.63, 3.8) is 0 Å². The van der Waals surface area contributed by atoms with Crippen LogP contribution in [0.15, 0.2) is 36.5 Å². The molecule has 1 saturated heterocycles. The lowest BCUT2D eigenvalue weighted by molar-refractivity contribution is 0.0883. The first-order chi connectivity index (χ1) is 10.6. The summed E-state index contributed by atoms with van der Waals surface area (Å²) in [5, 5.41) is 17.0. The van der Waals surface area contributed by atoms with Crippen LogP contribution in [0.3, 0.4) is 0 Å². The molecule has 1 atom stereocenters. The van der Waals surface area contributed by atoms with Gasteiger partial charge in [0.05, 0.1) is 11.8 Å². The fraction of sp³-hybridized carbons (Fsp3) is 0.375. The van der Waals surface area contributed by atoms with Crippen LogP contribution in [0.5, 0.6) is 0 Å². The number of hydrogen-bond donors (Lipinski definition) is 2. The maximum absolute atomic E-state index is 12.4. The van der Waals surface area contributed by atoms with Crippen LogP contribution < -0.4 is 5.32 Å². The first kappa shape index (κ1) is 14.6. The number of amides is 2. The van der Waals surface area contributed by atoms with Crippen molar-refractivity contribution >= 4 is 11.7 Å². The average Bonchev–Trinajstić information content (AvgIpc) is 2.88. The highest BCUT2D eigenvalue weighted by Gasteiger charge is 2.23. The molecule has 1 fully saturated rings. The lowest BCUT2D eigenvalue weighted by atomic mass is 10.1. The number of anilines is 1. The van der Waals surface area contributed by atoms with Crippen LogP contribution in [-0.2, 0) is 7.05 Å². The van der Waals surface area contributed by atoms with Gasteiger partial charge < -0.3 is 15.3 Å². The number of carbonyl (C=O) groups is 1. The second kappa shape index (κ2) is 6.19. The zero-order valence-electron chi connectivity index (χ0n) is 12.6. The largest absolute Gasteiger partial charge is 0.391 e. The number of hydrogen-bond acceptors (Lipinski definition) is 3. The van der Waals surface area contributed by atoms with Gasteiger partial charge in [-0.1, -0.05) is 30.3 Å². The van der Waals surface area contributed by atoms with Gasteiger partial charge in [0.1, 0.15) is 5.69 Å². The number of urea groups is 1. The number of piperidine rings is 1. The first-order valence-corrected chi connectivity index (χ1v) is 7.46. The van der Waals surface area contributed by atoms with Gasteiger partial charge >= 0.3 is 6.03 Å². The molecule has 0 aliphatic carbocycles. The van der Waals surface area contributed by atoms with E-state index in [0.717, 1.165) is 24.1 Å². The lowest BCUT2D eigenvalue weighted by Crippen LogP contribution is -2.44. The van der Waals surface area contributed by atoms with E-state index in [4.69, 9.17) is 0 Å². The van der Waals surface area contributed by atoms with Crippen molar-refractivity contribution in [3.05, 3.63) is 36.5 Å². The van der Waals surface area contributed by atoms with E-state index in [1.165, 1.54) is 0 Å². The minimum atomic E-state index is -0.429. The monoisotopic (exact) mass is 300 g/mol. The molecule has 2 heterocycles. The van der Waals surface area contributed by atoms with Crippen molar-refractivity contribution in [2.45, 2.75) is 18.9 Å². The highest BCUT2D eigenvalue weighted by Crippen LogP contribution is 2.26. The molecule has 1 unspecified atom stereocenters. The van der Waals surface area contributed by atoms with E-state index < -0.39 is 6.10 Å². The van der Waals surface area contributed by atoms with Gasteiger partial charge in [0.2, 0.25) is 0 Å². The van der Waals surface area contributed by atoms with E-state index in [9.17, 15) is 9.90 Å². The Balaban J connectivity index is 1.79. The SMILES string of the molecule is Cn1cc(NC(=O)N2CCCC(O)C2)c(-c2ccccc2)n1. The fourth-order valence-electron chi connectivity index (χ4n) is 2.72. The van der Waals surface area contributed by atoms with Crippen LogP contribution in [0.4, 0.5) is 10.5 Å². The molecule has 0 saturated carbocycles. The zero-order chi connectivity index (χ0) is 15.5. The van der Waals surface area contributed by atoms with Gasteiger partial charge in [-0.3, -0.25) is 4.68 Å². The summed E-state index contributed by atoms with van der Waals surface area (Å²) in [4.78, 5) is 14.0. The number of β-amino-alcohol motifs (C(OH)–C–C–N with tert-alkyl or cyclic N) is 1. The second-order valence-corrected chi connectivity index (χ2v) is 5.60. The molecule has 1 aliphatic heterocycles. The highest BCUT2D eigenvalue weighted by molar-refractivity contribution is 5.93. The number of aromatic nitrogens is 2. The van der Waals surface area contributed by atoms with Crippen LogP contribution in [0, 0.1) is 0 Å². The summed E-state index contributed by atoms with van der Waals surface area (Å²) < 4.78 is 1.68. The predicted octanol–water partition coefficient (Wildman–Crippen LogP) is 2.08. The molecule has 22 heavy (non-hydrogen) atoms. The molecule has 1 aliphatic rings. The van der Waals surface area contributed by atoms with Crippen molar-refractivity contribution in [1.82, 2.24) is 14.7 Å². The summed E-state index contributed by atoms with van der Waals surface area (Å²) >= 11 is 0. The number of aliphatic hydroxyl groups excluding tert-OH is 1. The molecule has 1 aromatic heterocycles. The number of nitrogens with zero attached hydrogens (tertiary/aromatic N) is 3. The Morgan fingerprint density at radius 3 is 2.86 bits per heavy atom. The minimum Gasteiger partial charge on any atom is -0.391 e. The molecule has 6 heteroatoms. The molecule has 116 valence electrons. The van der Waals surface area contributed by atoms with Gasteiger partial charge in [-0.05, 0) is 12.8 Å². The van der Waals surface area contributed by atoms with Crippen LogP contribution in [0.25, 0.3) is 11.3 Å². The number of carbonyl (C=O) groups excluding carboxylic acids is 1. The van der Waals surface area contributed by atoms with Gasteiger partial charge in [-0.25, -0.2) is 4.79 Å². The Hall–Kier alpha value is -2.34. The van der Waals surface area contributed by atoms with Gasteiger partial charge in [0, 0.05) is 31.9 Å². The number of aliphatic hydroxyl groups is 1. The van der Waals surface area contributed by atoms with Crippen LogP contribution in [0.1, 0.15) is 12.8 Å².